The Morgan fingerprint density at radius 3 is 1.59 bits per heavy atom. The zero-order chi connectivity index (χ0) is 25.2. The number of benzene rings is 5. The van der Waals surface area contributed by atoms with Gasteiger partial charge >= 0.3 is 0 Å². The molecule has 0 fully saturated rings. The molecule has 0 amide bonds. The third kappa shape index (κ3) is 3.74. The zero-order valence-corrected chi connectivity index (χ0v) is 20.7. The monoisotopic (exact) mass is 480 g/mol. The van der Waals surface area contributed by atoms with Crippen molar-refractivity contribution in [2.45, 2.75) is 5.54 Å². The Labute approximate surface area is 217 Å². The second-order valence-electron chi connectivity index (χ2n) is 9.17. The van der Waals surface area contributed by atoms with Gasteiger partial charge in [-0.3, -0.25) is 0 Å². The van der Waals surface area contributed by atoms with Crippen molar-refractivity contribution in [1.82, 2.24) is 9.78 Å². The fourth-order valence-corrected chi connectivity index (χ4v) is 5.32. The van der Waals surface area contributed by atoms with E-state index >= 15 is 0 Å². The average molecular weight is 481 g/mol. The minimum absolute atomic E-state index is 0.681. The Morgan fingerprint density at radius 2 is 1.11 bits per heavy atom. The Morgan fingerprint density at radius 1 is 0.622 bits per heavy atom. The van der Waals surface area contributed by atoms with E-state index in [1.807, 2.05) is 19.2 Å². The molecular weight excluding hydrogens is 452 g/mol. The lowest BCUT2D eigenvalue weighted by atomic mass is 9.77. The summed E-state index contributed by atoms with van der Waals surface area (Å²) in [5, 5.41) is 9.66. The number of nitrogens with zero attached hydrogens (tertiary/aromatic N) is 2. The first kappa shape index (κ1) is 22.6. The summed E-state index contributed by atoms with van der Waals surface area (Å²) in [5.41, 5.74) is 12.7. The number of aromatic nitrogens is 2. The smallest absolute Gasteiger partial charge is 0.155 e. The van der Waals surface area contributed by atoms with Crippen LogP contribution >= 0.6 is 0 Å². The third-order valence-electron chi connectivity index (χ3n) is 7.05. The Hall–Kier alpha value is -4.83. The summed E-state index contributed by atoms with van der Waals surface area (Å²) in [6.45, 7) is 0. The van der Waals surface area contributed by atoms with Crippen LogP contribution in [-0.2, 0) is 5.54 Å². The van der Waals surface area contributed by atoms with Gasteiger partial charge < -0.3 is 11.1 Å². The predicted molar refractivity (Wildman–Crippen MR) is 154 cm³/mol. The van der Waals surface area contributed by atoms with Gasteiger partial charge in [-0.25, -0.2) is 4.68 Å². The van der Waals surface area contributed by atoms with Gasteiger partial charge in [-0.15, -0.1) is 0 Å². The number of anilines is 2. The van der Waals surface area contributed by atoms with E-state index in [4.69, 9.17) is 10.8 Å². The van der Waals surface area contributed by atoms with Gasteiger partial charge in [0.1, 0.15) is 5.54 Å². The van der Waals surface area contributed by atoms with Crippen molar-refractivity contribution in [1.29, 1.82) is 0 Å². The molecule has 0 bridgehead atoms. The van der Waals surface area contributed by atoms with Crippen molar-refractivity contribution in [2.24, 2.45) is 0 Å². The molecule has 5 aromatic carbocycles. The maximum atomic E-state index is 5.93. The molecule has 180 valence electrons. The van der Waals surface area contributed by atoms with E-state index in [9.17, 15) is 0 Å². The molecule has 6 aromatic rings. The Kier molecular flexibility index (Phi) is 5.70. The van der Waals surface area contributed by atoms with Crippen LogP contribution in [-0.4, -0.2) is 16.8 Å². The van der Waals surface area contributed by atoms with Crippen LogP contribution in [0.25, 0.3) is 22.0 Å². The second kappa shape index (κ2) is 9.32. The number of fused-ring (bicyclic) bond motifs is 1. The van der Waals surface area contributed by atoms with E-state index in [0.717, 1.165) is 50.2 Å². The van der Waals surface area contributed by atoms with Crippen LogP contribution in [0.2, 0.25) is 0 Å². The predicted octanol–water partition coefficient (Wildman–Crippen LogP) is 7.17. The van der Waals surface area contributed by atoms with Gasteiger partial charge in [0.15, 0.2) is 5.82 Å². The summed E-state index contributed by atoms with van der Waals surface area (Å²) in [5.74, 6) is 0.833. The van der Waals surface area contributed by atoms with Crippen molar-refractivity contribution < 1.29 is 0 Å². The SMILES string of the molecule is CNc1nn(C(c2ccccc2)(c2ccccc2)c2ccccc2)c2ccc(-c3ccc(N)cc3)cc12. The van der Waals surface area contributed by atoms with Crippen molar-refractivity contribution >= 4 is 22.4 Å². The molecule has 0 saturated heterocycles. The van der Waals surface area contributed by atoms with Gasteiger partial charge in [-0.1, -0.05) is 109 Å². The quantitative estimate of drug-likeness (QED) is 0.196. The third-order valence-corrected chi connectivity index (χ3v) is 7.05. The molecule has 37 heavy (non-hydrogen) atoms. The van der Waals surface area contributed by atoms with Crippen molar-refractivity contribution in [3.05, 3.63) is 150 Å². The molecule has 1 heterocycles. The lowest BCUT2D eigenvalue weighted by Gasteiger charge is -2.37. The molecule has 0 spiro atoms. The molecule has 0 aliphatic carbocycles. The van der Waals surface area contributed by atoms with E-state index in [-0.39, 0.29) is 0 Å². The lowest BCUT2D eigenvalue weighted by Crippen LogP contribution is -2.38. The molecule has 4 nitrogen and oxygen atoms in total. The van der Waals surface area contributed by atoms with Crippen LogP contribution in [0, 0.1) is 0 Å². The van der Waals surface area contributed by atoms with E-state index < -0.39 is 5.54 Å². The lowest BCUT2D eigenvalue weighted by molar-refractivity contribution is 0.477. The van der Waals surface area contributed by atoms with Gasteiger partial charge in [0.05, 0.1) is 5.52 Å². The number of hydrogen-bond donors (Lipinski definition) is 2. The van der Waals surface area contributed by atoms with Crippen molar-refractivity contribution in [2.75, 3.05) is 18.1 Å². The van der Waals surface area contributed by atoms with E-state index in [0.29, 0.717) is 0 Å². The summed E-state index contributed by atoms with van der Waals surface area (Å²) in [7, 11) is 1.93. The largest absolute Gasteiger partial charge is 0.399 e. The van der Waals surface area contributed by atoms with Crippen molar-refractivity contribution in [3.8, 4) is 11.1 Å². The molecule has 4 heteroatoms. The highest BCUT2D eigenvalue weighted by Crippen LogP contribution is 2.43. The topological polar surface area (TPSA) is 55.9 Å². The van der Waals surface area contributed by atoms with Gasteiger partial charge in [0, 0.05) is 18.1 Å². The molecule has 0 saturated carbocycles. The molecule has 6 rings (SSSR count). The minimum Gasteiger partial charge on any atom is -0.399 e. The van der Waals surface area contributed by atoms with Crippen LogP contribution in [0.4, 0.5) is 11.5 Å². The highest BCUT2D eigenvalue weighted by molar-refractivity contribution is 5.94. The normalized spacial score (nSPS) is 11.5. The molecule has 0 atom stereocenters. The maximum Gasteiger partial charge on any atom is 0.155 e. The first-order valence-corrected chi connectivity index (χ1v) is 12.5. The first-order valence-electron chi connectivity index (χ1n) is 12.5. The zero-order valence-electron chi connectivity index (χ0n) is 20.7. The molecule has 0 unspecified atom stereocenters. The molecule has 0 radical (unpaired) electrons. The highest BCUT2D eigenvalue weighted by Gasteiger charge is 2.40. The van der Waals surface area contributed by atoms with E-state index in [1.54, 1.807) is 0 Å². The molecule has 0 aliphatic heterocycles. The average Bonchev–Trinajstić information content (AvgIpc) is 3.34. The van der Waals surface area contributed by atoms with E-state index in [1.165, 1.54) is 0 Å². The molecule has 1 aromatic heterocycles. The Bertz CT molecular complexity index is 1540. The van der Waals surface area contributed by atoms with Crippen LogP contribution in [0.1, 0.15) is 16.7 Å². The fraction of sp³-hybridized carbons (Fsp3) is 0.0606. The summed E-state index contributed by atoms with van der Waals surface area (Å²) in [6, 6.07) is 46.4. The standard InChI is InChI=1S/C33H28N4/c1-35-32-30-23-25(24-17-20-29(34)21-18-24)19-22-31(30)37(36-32)33(26-11-5-2-6-12-26,27-13-7-3-8-14-27)28-15-9-4-10-16-28/h2-23H,34H2,1H3,(H,35,36). The summed E-state index contributed by atoms with van der Waals surface area (Å²) < 4.78 is 2.18. The van der Waals surface area contributed by atoms with Gasteiger partial charge in [-0.2, -0.15) is 5.10 Å². The van der Waals surface area contributed by atoms with Crippen LogP contribution < -0.4 is 11.1 Å². The second-order valence-corrected chi connectivity index (χ2v) is 9.17. The molecular formula is C33H28N4. The highest BCUT2D eigenvalue weighted by atomic mass is 15.4. The maximum absolute atomic E-state index is 5.93. The Balaban J connectivity index is 1.70. The fourth-order valence-electron chi connectivity index (χ4n) is 5.32. The number of nitrogens with one attached hydrogen (secondary N) is 1. The van der Waals surface area contributed by atoms with Gasteiger partial charge in [0.2, 0.25) is 0 Å². The first-order chi connectivity index (χ1) is 18.2. The summed E-state index contributed by atoms with van der Waals surface area (Å²) in [4.78, 5) is 0. The van der Waals surface area contributed by atoms with E-state index in [2.05, 4.69) is 131 Å². The number of nitrogen functional groups attached to an aromatic ring is 1. The van der Waals surface area contributed by atoms with Crippen LogP contribution in [0.15, 0.2) is 133 Å². The van der Waals surface area contributed by atoms with Crippen LogP contribution in [0.3, 0.4) is 0 Å². The minimum atomic E-state index is -0.681. The molecule has 0 aliphatic rings. The molecule has 3 N–H and O–H groups in total. The van der Waals surface area contributed by atoms with Gasteiger partial charge in [-0.05, 0) is 52.1 Å². The summed E-state index contributed by atoms with van der Waals surface area (Å²) in [6.07, 6.45) is 0. The van der Waals surface area contributed by atoms with Crippen LogP contribution in [0.5, 0.6) is 0 Å². The van der Waals surface area contributed by atoms with Gasteiger partial charge in [0.25, 0.3) is 0 Å². The summed E-state index contributed by atoms with van der Waals surface area (Å²) >= 11 is 0. The number of nitrogens with two attached hydrogens (primary N) is 1. The number of hydrogen-bond acceptors (Lipinski definition) is 3. The number of rotatable bonds is 6. The van der Waals surface area contributed by atoms with Crippen molar-refractivity contribution in [3.63, 3.8) is 0 Å².